The van der Waals surface area contributed by atoms with Crippen molar-refractivity contribution in [3.63, 3.8) is 0 Å². The number of hydrogen-bond donors (Lipinski definition) is 2. The van der Waals surface area contributed by atoms with E-state index >= 15 is 0 Å². The van der Waals surface area contributed by atoms with Crippen molar-refractivity contribution in [3.8, 4) is 5.88 Å². The van der Waals surface area contributed by atoms with Crippen molar-refractivity contribution in [1.82, 2.24) is 10.3 Å². The summed E-state index contributed by atoms with van der Waals surface area (Å²) in [7, 11) is 0. The average molecular weight is 303 g/mol. The molecular formula is C13H19ClN2O2S. The van der Waals surface area contributed by atoms with Gasteiger partial charge in [-0.3, -0.25) is 4.79 Å². The van der Waals surface area contributed by atoms with Crippen LogP contribution in [0, 0.1) is 5.92 Å². The molecule has 6 heteroatoms. The van der Waals surface area contributed by atoms with E-state index in [4.69, 9.17) is 16.3 Å². The van der Waals surface area contributed by atoms with Crippen molar-refractivity contribution in [2.75, 3.05) is 12.4 Å². The Morgan fingerprint density at radius 2 is 2.32 bits per heavy atom. The second-order valence-corrected chi connectivity index (χ2v) is 5.44. The van der Waals surface area contributed by atoms with Gasteiger partial charge in [-0.15, -0.1) is 0 Å². The molecule has 1 aromatic rings. The van der Waals surface area contributed by atoms with Gasteiger partial charge in [0.15, 0.2) is 0 Å². The Morgan fingerprint density at radius 1 is 1.58 bits per heavy atom. The Hall–Kier alpha value is -0.940. The van der Waals surface area contributed by atoms with E-state index in [1.165, 1.54) is 0 Å². The van der Waals surface area contributed by atoms with E-state index < -0.39 is 0 Å². The number of thiol groups is 1. The summed E-state index contributed by atoms with van der Waals surface area (Å²) in [6.45, 7) is 5.09. The Morgan fingerprint density at radius 3 is 2.89 bits per heavy atom. The lowest BCUT2D eigenvalue weighted by Crippen LogP contribution is -2.22. The molecule has 0 saturated heterocycles. The number of rotatable bonds is 7. The van der Waals surface area contributed by atoms with Crippen LogP contribution in [0.1, 0.15) is 25.8 Å². The molecule has 106 valence electrons. The second-order valence-electron chi connectivity index (χ2n) is 4.59. The van der Waals surface area contributed by atoms with Gasteiger partial charge in [0, 0.05) is 19.2 Å². The van der Waals surface area contributed by atoms with Gasteiger partial charge in [-0.2, -0.15) is 12.6 Å². The van der Waals surface area contributed by atoms with Crippen LogP contribution in [-0.4, -0.2) is 23.3 Å². The van der Waals surface area contributed by atoms with Crippen LogP contribution in [0.25, 0.3) is 0 Å². The molecule has 1 N–H and O–H groups in total. The average Bonchev–Trinajstić information content (AvgIpc) is 2.35. The van der Waals surface area contributed by atoms with Crippen LogP contribution < -0.4 is 10.1 Å². The Balaban J connectivity index is 2.54. The third-order valence-electron chi connectivity index (χ3n) is 2.25. The van der Waals surface area contributed by atoms with E-state index in [1.54, 1.807) is 12.3 Å². The van der Waals surface area contributed by atoms with Crippen molar-refractivity contribution < 1.29 is 9.53 Å². The number of nitrogens with zero attached hydrogens (tertiary/aromatic N) is 1. The molecule has 0 aromatic carbocycles. The zero-order chi connectivity index (χ0) is 14.3. The van der Waals surface area contributed by atoms with E-state index in [0.29, 0.717) is 42.1 Å². The molecule has 0 atom stereocenters. The first kappa shape index (κ1) is 16.1. The molecule has 4 nitrogen and oxygen atoms in total. The highest BCUT2D eigenvalue weighted by Crippen LogP contribution is 2.22. The molecule has 1 amide bonds. The number of hydrogen-bond acceptors (Lipinski definition) is 4. The van der Waals surface area contributed by atoms with Gasteiger partial charge in [-0.1, -0.05) is 25.4 Å². The fourth-order valence-corrected chi connectivity index (χ4v) is 1.75. The second kappa shape index (κ2) is 8.27. The topological polar surface area (TPSA) is 51.2 Å². The number of nitrogens with one attached hydrogen (secondary N) is 1. The number of pyridine rings is 1. The lowest BCUT2D eigenvalue weighted by molar-refractivity contribution is -0.120. The van der Waals surface area contributed by atoms with Gasteiger partial charge >= 0.3 is 0 Å². The maximum Gasteiger partial charge on any atom is 0.232 e. The highest BCUT2D eigenvalue weighted by atomic mass is 35.5. The first-order chi connectivity index (χ1) is 9.02. The van der Waals surface area contributed by atoms with Gasteiger partial charge in [0.1, 0.15) is 5.02 Å². The minimum atomic E-state index is -0.0359. The monoisotopic (exact) mass is 302 g/mol. The fraction of sp³-hybridized carbons (Fsp3) is 0.538. The molecule has 0 bridgehead atoms. The third kappa shape index (κ3) is 6.16. The van der Waals surface area contributed by atoms with Crippen molar-refractivity contribution >= 4 is 30.1 Å². The smallest absolute Gasteiger partial charge is 0.232 e. The molecule has 0 saturated carbocycles. The lowest BCUT2D eigenvalue weighted by Gasteiger charge is -2.10. The van der Waals surface area contributed by atoms with Gasteiger partial charge < -0.3 is 10.1 Å². The Labute approximate surface area is 124 Å². The van der Waals surface area contributed by atoms with E-state index in [-0.39, 0.29) is 5.91 Å². The summed E-state index contributed by atoms with van der Waals surface area (Å²) >= 11 is 10.1. The van der Waals surface area contributed by atoms with Gasteiger partial charge in [-0.25, -0.2) is 4.98 Å². The summed E-state index contributed by atoms with van der Waals surface area (Å²) in [6, 6.07) is 1.76. The number of carbonyl (C=O) groups excluding carboxylic acids is 1. The molecular weight excluding hydrogens is 284 g/mol. The Bertz CT molecular complexity index is 427. The highest BCUT2D eigenvalue weighted by Gasteiger charge is 2.07. The molecule has 0 radical (unpaired) electrons. The number of carbonyl (C=O) groups is 1. The third-order valence-corrected chi connectivity index (χ3v) is 2.74. The summed E-state index contributed by atoms with van der Waals surface area (Å²) in [4.78, 5) is 15.5. The van der Waals surface area contributed by atoms with Gasteiger partial charge in [0.2, 0.25) is 11.8 Å². The first-order valence-corrected chi connectivity index (χ1v) is 7.18. The summed E-state index contributed by atoms with van der Waals surface area (Å²) < 4.78 is 5.48. The maximum absolute atomic E-state index is 11.3. The van der Waals surface area contributed by atoms with Crippen LogP contribution in [0.4, 0.5) is 0 Å². The van der Waals surface area contributed by atoms with Crippen LogP contribution >= 0.6 is 24.2 Å². The predicted molar refractivity (Wildman–Crippen MR) is 79.9 cm³/mol. The lowest BCUT2D eigenvalue weighted by atomic mass is 10.2. The molecule has 0 unspecified atom stereocenters. The molecule has 1 rings (SSSR count). The van der Waals surface area contributed by atoms with E-state index in [0.717, 1.165) is 5.56 Å². The number of halogens is 1. The van der Waals surface area contributed by atoms with E-state index in [9.17, 15) is 4.79 Å². The first-order valence-electron chi connectivity index (χ1n) is 6.17. The maximum atomic E-state index is 11.3. The number of amides is 1. The van der Waals surface area contributed by atoms with Crippen molar-refractivity contribution in [3.05, 3.63) is 22.8 Å². The Kier molecular flexibility index (Phi) is 7.02. The summed E-state index contributed by atoms with van der Waals surface area (Å²) in [6.07, 6.45) is 2.06. The largest absolute Gasteiger partial charge is 0.476 e. The SMILES string of the molecule is CC(C)COc1ncc(CNC(=O)CCS)cc1Cl. The van der Waals surface area contributed by atoms with Crippen molar-refractivity contribution in [2.24, 2.45) is 5.92 Å². The van der Waals surface area contributed by atoms with Gasteiger partial charge in [0.25, 0.3) is 0 Å². The van der Waals surface area contributed by atoms with Crippen LogP contribution in [-0.2, 0) is 11.3 Å². The normalized spacial score (nSPS) is 10.6. The van der Waals surface area contributed by atoms with Crippen molar-refractivity contribution in [1.29, 1.82) is 0 Å². The molecule has 0 fully saturated rings. The van der Waals surface area contributed by atoms with E-state index in [2.05, 4.69) is 36.8 Å². The van der Waals surface area contributed by atoms with E-state index in [1.807, 2.05) is 0 Å². The van der Waals surface area contributed by atoms with Gasteiger partial charge in [-0.05, 0) is 23.3 Å². The summed E-state index contributed by atoms with van der Waals surface area (Å²) in [5.41, 5.74) is 0.842. The zero-order valence-corrected chi connectivity index (χ0v) is 12.8. The quantitative estimate of drug-likeness (QED) is 0.762. The minimum absolute atomic E-state index is 0.0359. The molecule has 0 aliphatic carbocycles. The molecule has 19 heavy (non-hydrogen) atoms. The molecule has 1 aromatic heterocycles. The summed E-state index contributed by atoms with van der Waals surface area (Å²) in [5.74, 6) is 1.34. The zero-order valence-electron chi connectivity index (χ0n) is 11.1. The molecule has 1 heterocycles. The van der Waals surface area contributed by atoms with Crippen LogP contribution in [0.2, 0.25) is 5.02 Å². The molecule has 0 spiro atoms. The van der Waals surface area contributed by atoms with Crippen molar-refractivity contribution in [2.45, 2.75) is 26.8 Å². The highest BCUT2D eigenvalue weighted by molar-refractivity contribution is 7.80. The minimum Gasteiger partial charge on any atom is -0.476 e. The molecule has 0 aliphatic rings. The van der Waals surface area contributed by atoms with Crippen LogP contribution in [0.15, 0.2) is 12.3 Å². The number of aromatic nitrogens is 1. The number of ether oxygens (including phenoxy) is 1. The summed E-state index contributed by atoms with van der Waals surface area (Å²) in [5, 5.41) is 3.23. The molecule has 0 aliphatic heterocycles. The van der Waals surface area contributed by atoms with Crippen LogP contribution in [0.3, 0.4) is 0 Å². The van der Waals surface area contributed by atoms with Crippen LogP contribution in [0.5, 0.6) is 5.88 Å². The fourth-order valence-electron chi connectivity index (χ4n) is 1.30. The standard InChI is InChI=1S/C13H19ClN2O2S/c1-9(2)8-18-13-11(14)5-10(7-16-13)6-15-12(17)3-4-19/h5,7,9,19H,3-4,6,8H2,1-2H3,(H,15,17). The predicted octanol–water partition coefficient (Wildman–Crippen LogP) is 2.71. The van der Waals surface area contributed by atoms with Gasteiger partial charge in [0.05, 0.1) is 6.61 Å².